The van der Waals surface area contributed by atoms with Gasteiger partial charge in [-0.1, -0.05) is 13.8 Å². The van der Waals surface area contributed by atoms with Gasteiger partial charge in [-0.15, -0.1) is 0 Å². The SMILES string of the molecule is CCCOc1cc(C)c(C(=O)C(C)N2CCCNC2)cc1OCCC. The van der Waals surface area contributed by atoms with Gasteiger partial charge in [-0.25, -0.2) is 0 Å². The third-order valence-electron chi connectivity index (χ3n) is 4.52. The van der Waals surface area contributed by atoms with Gasteiger partial charge in [0.1, 0.15) is 0 Å². The lowest BCUT2D eigenvalue weighted by molar-refractivity contribution is 0.0795. The number of ether oxygens (including phenoxy) is 2. The summed E-state index contributed by atoms with van der Waals surface area (Å²) in [6.07, 6.45) is 2.93. The molecule has 140 valence electrons. The molecule has 1 fully saturated rings. The maximum atomic E-state index is 13.1. The first-order valence-corrected chi connectivity index (χ1v) is 9.47. The van der Waals surface area contributed by atoms with E-state index in [2.05, 4.69) is 24.1 Å². The normalized spacial score (nSPS) is 16.5. The van der Waals surface area contributed by atoms with Crippen LogP contribution in [0.2, 0.25) is 0 Å². The van der Waals surface area contributed by atoms with Gasteiger partial charge in [-0.3, -0.25) is 9.69 Å². The van der Waals surface area contributed by atoms with Crippen molar-refractivity contribution in [3.63, 3.8) is 0 Å². The van der Waals surface area contributed by atoms with Crippen LogP contribution in [-0.4, -0.2) is 49.7 Å². The molecule has 1 aromatic carbocycles. The van der Waals surface area contributed by atoms with Gasteiger partial charge in [0.2, 0.25) is 0 Å². The summed E-state index contributed by atoms with van der Waals surface area (Å²) in [6.45, 7) is 12.1. The van der Waals surface area contributed by atoms with Crippen molar-refractivity contribution < 1.29 is 14.3 Å². The molecule has 1 aliphatic heterocycles. The molecule has 0 amide bonds. The molecule has 0 saturated carbocycles. The smallest absolute Gasteiger partial charge is 0.180 e. The average molecular weight is 348 g/mol. The van der Waals surface area contributed by atoms with Crippen LogP contribution in [0.25, 0.3) is 0 Å². The van der Waals surface area contributed by atoms with E-state index in [1.165, 1.54) is 0 Å². The predicted molar refractivity (Wildman–Crippen MR) is 101 cm³/mol. The van der Waals surface area contributed by atoms with Crippen LogP contribution in [0.4, 0.5) is 0 Å². The minimum atomic E-state index is -0.145. The zero-order chi connectivity index (χ0) is 18.2. The summed E-state index contributed by atoms with van der Waals surface area (Å²) in [5.41, 5.74) is 1.67. The van der Waals surface area contributed by atoms with Gasteiger partial charge in [0.15, 0.2) is 17.3 Å². The quantitative estimate of drug-likeness (QED) is 0.693. The van der Waals surface area contributed by atoms with Crippen molar-refractivity contribution in [2.45, 2.75) is 53.0 Å². The van der Waals surface area contributed by atoms with E-state index in [4.69, 9.17) is 9.47 Å². The lowest BCUT2D eigenvalue weighted by Crippen LogP contribution is -2.49. The topological polar surface area (TPSA) is 50.8 Å². The van der Waals surface area contributed by atoms with E-state index in [1.807, 2.05) is 26.0 Å². The third-order valence-corrected chi connectivity index (χ3v) is 4.52. The van der Waals surface area contributed by atoms with E-state index < -0.39 is 0 Å². The standard InChI is InChI=1S/C20H32N2O3/c1-5-10-24-18-12-15(3)17(13-19(18)25-11-6-2)20(23)16(4)22-9-7-8-21-14-22/h12-13,16,21H,5-11,14H2,1-4H3. The second kappa shape index (κ2) is 9.78. The Hall–Kier alpha value is -1.59. The number of aryl methyl sites for hydroxylation is 1. The minimum Gasteiger partial charge on any atom is -0.490 e. The van der Waals surface area contributed by atoms with Gasteiger partial charge in [0.25, 0.3) is 0 Å². The second-order valence-corrected chi connectivity index (χ2v) is 6.68. The van der Waals surface area contributed by atoms with Crippen molar-refractivity contribution in [3.05, 3.63) is 23.3 Å². The van der Waals surface area contributed by atoms with Crippen molar-refractivity contribution in [3.8, 4) is 11.5 Å². The molecule has 0 bridgehead atoms. The molecule has 2 rings (SSSR count). The van der Waals surface area contributed by atoms with E-state index in [0.29, 0.717) is 19.0 Å². The lowest BCUT2D eigenvalue weighted by atomic mass is 9.98. The lowest BCUT2D eigenvalue weighted by Gasteiger charge is -2.32. The predicted octanol–water partition coefficient (Wildman–Crippen LogP) is 3.40. The Kier molecular flexibility index (Phi) is 7.72. The summed E-state index contributed by atoms with van der Waals surface area (Å²) < 4.78 is 11.7. The third kappa shape index (κ3) is 5.19. The maximum Gasteiger partial charge on any atom is 0.180 e. The van der Waals surface area contributed by atoms with Crippen molar-refractivity contribution in [2.24, 2.45) is 0 Å². The minimum absolute atomic E-state index is 0.143. The Morgan fingerprint density at radius 1 is 1.20 bits per heavy atom. The Morgan fingerprint density at radius 3 is 2.40 bits per heavy atom. The molecule has 1 unspecified atom stereocenters. The Bertz CT molecular complexity index is 568. The van der Waals surface area contributed by atoms with E-state index in [-0.39, 0.29) is 11.8 Å². The first-order valence-electron chi connectivity index (χ1n) is 9.47. The van der Waals surface area contributed by atoms with Crippen molar-refractivity contribution in [2.75, 3.05) is 33.0 Å². The fourth-order valence-electron chi connectivity index (χ4n) is 3.01. The molecule has 0 aromatic heterocycles. The van der Waals surface area contributed by atoms with E-state index >= 15 is 0 Å². The maximum absolute atomic E-state index is 13.1. The van der Waals surface area contributed by atoms with Gasteiger partial charge in [0.05, 0.1) is 19.3 Å². The Labute approximate surface area is 151 Å². The van der Waals surface area contributed by atoms with Crippen LogP contribution < -0.4 is 14.8 Å². The fraction of sp³-hybridized carbons (Fsp3) is 0.650. The molecule has 0 aliphatic carbocycles. The van der Waals surface area contributed by atoms with Gasteiger partial charge in [-0.05, 0) is 57.4 Å². The molecule has 5 nitrogen and oxygen atoms in total. The van der Waals surface area contributed by atoms with E-state index in [0.717, 1.165) is 55.9 Å². The summed E-state index contributed by atoms with van der Waals surface area (Å²) in [7, 11) is 0. The summed E-state index contributed by atoms with van der Waals surface area (Å²) >= 11 is 0. The highest BCUT2D eigenvalue weighted by atomic mass is 16.5. The summed E-state index contributed by atoms with van der Waals surface area (Å²) in [5, 5.41) is 3.34. The van der Waals surface area contributed by atoms with E-state index in [1.54, 1.807) is 0 Å². The number of carbonyl (C=O) groups is 1. The van der Waals surface area contributed by atoms with Gasteiger partial charge >= 0.3 is 0 Å². The number of nitrogens with one attached hydrogen (secondary N) is 1. The first kappa shape index (κ1) is 19.7. The molecule has 1 N–H and O–H groups in total. The molecule has 1 heterocycles. The zero-order valence-electron chi connectivity index (χ0n) is 16.1. The summed E-state index contributed by atoms with van der Waals surface area (Å²) in [4.78, 5) is 15.2. The fourth-order valence-corrected chi connectivity index (χ4v) is 3.01. The van der Waals surface area contributed by atoms with Crippen LogP contribution in [0.5, 0.6) is 11.5 Å². The highest BCUT2D eigenvalue weighted by molar-refractivity contribution is 6.01. The molecule has 25 heavy (non-hydrogen) atoms. The molecular formula is C20H32N2O3. The average Bonchev–Trinajstić information content (AvgIpc) is 2.65. The van der Waals surface area contributed by atoms with Gasteiger partial charge in [0, 0.05) is 18.8 Å². The molecule has 5 heteroatoms. The zero-order valence-corrected chi connectivity index (χ0v) is 16.1. The van der Waals surface area contributed by atoms with Crippen LogP contribution in [0, 0.1) is 6.92 Å². The van der Waals surface area contributed by atoms with Crippen LogP contribution in [0.15, 0.2) is 12.1 Å². The molecule has 0 spiro atoms. The highest BCUT2D eigenvalue weighted by Gasteiger charge is 2.26. The molecule has 1 aliphatic rings. The van der Waals surface area contributed by atoms with Gasteiger partial charge in [-0.2, -0.15) is 0 Å². The number of carbonyl (C=O) groups excluding carboxylic acids is 1. The second-order valence-electron chi connectivity index (χ2n) is 6.68. The van der Waals surface area contributed by atoms with Crippen LogP contribution in [0.3, 0.4) is 0 Å². The molecule has 1 aromatic rings. The molecule has 0 radical (unpaired) electrons. The number of rotatable bonds is 9. The van der Waals surface area contributed by atoms with Crippen molar-refractivity contribution >= 4 is 5.78 Å². The first-order chi connectivity index (χ1) is 12.1. The number of ketones is 1. The van der Waals surface area contributed by atoms with Crippen LogP contribution in [0.1, 0.15) is 56.0 Å². The van der Waals surface area contributed by atoms with Crippen molar-refractivity contribution in [1.29, 1.82) is 0 Å². The Balaban J connectivity index is 2.24. The number of nitrogens with zero attached hydrogens (tertiary/aromatic N) is 1. The highest BCUT2D eigenvalue weighted by Crippen LogP contribution is 2.32. The number of Topliss-reactive ketones (excluding diaryl/α,β-unsaturated/α-hetero) is 1. The van der Waals surface area contributed by atoms with Crippen molar-refractivity contribution in [1.82, 2.24) is 10.2 Å². The van der Waals surface area contributed by atoms with E-state index in [9.17, 15) is 4.79 Å². The molecule has 1 saturated heterocycles. The number of hydrogen-bond donors (Lipinski definition) is 1. The Morgan fingerprint density at radius 2 is 1.84 bits per heavy atom. The molecule has 1 atom stereocenters. The monoisotopic (exact) mass is 348 g/mol. The number of hydrogen-bond acceptors (Lipinski definition) is 5. The summed E-state index contributed by atoms with van der Waals surface area (Å²) in [6, 6.07) is 3.66. The number of benzene rings is 1. The summed E-state index contributed by atoms with van der Waals surface area (Å²) in [5.74, 6) is 1.55. The molecular weight excluding hydrogens is 316 g/mol. The van der Waals surface area contributed by atoms with Crippen LogP contribution >= 0.6 is 0 Å². The van der Waals surface area contributed by atoms with Gasteiger partial charge < -0.3 is 14.8 Å². The largest absolute Gasteiger partial charge is 0.490 e. The van der Waals surface area contributed by atoms with Crippen LogP contribution in [-0.2, 0) is 0 Å².